The number of carbonyl (C=O) groups excluding carboxylic acids is 1. The van der Waals surface area contributed by atoms with Gasteiger partial charge in [-0.05, 0) is 36.6 Å². The molecule has 2 unspecified atom stereocenters. The zero-order valence-electron chi connectivity index (χ0n) is 11.9. The van der Waals surface area contributed by atoms with Crippen LogP contribution in [-0.2, 0) is 16.0 Å². The molecule has 0 aromatic heterocycles. The Bertz CT molecular complexity index is 522. The minimum atomic E-state index is -0.924. The molecule has 20 heavy (non-hydrogen) atoms. The van der Waals surface area contributed by atoms with Crippen LogP contribution in [0, 0.1) is 19.8 Å². The van der Waals surface area contributed by atoms with Gasteiger partial charge >= 0.3 is 5.97 Å². The van der Waals surface area contributed by atoms with Gasteiger partial charge in [-0.1, -0.05) is 13.0 Å². The van der Waals surface area contributed by atoms with Crippen LogP contribution in [0.2, 0.25) is 0 Å². The Morgan fingerprint density at radius 2 is 2.05 bits per heavy atom. The zero-order chi connectivity index (χ0) is 14.9. The molecule has 0 aliphatic carbocycles. The number of hydrogen-bond acceptors (Lipinski definition) is 3. The van der Waals surface area contributed by atoms with Crippen LogP contribution in [0.25, 0.3) is 0 Å². The quantitative estimate of drug-likeness (QED) is 0.873. The standard InChI is InChI=1S/C15H19NO4/c1-8-4-11-6-13(20-12(11)5-9(8)2)14(17)16-7-10(3)15(18)19/h4-5,10,13H,6-7H2,1-3H3,(H,16,17)(H,18,19). The molecule has 1 aromatic rings. The molecule has 5 heteroatoms. The summed E-state index contributed by atoms with van der Waals surface area (Å²) < 4.78 is 5.64. The van der Waals surface area contributed by atoms with Crippen molar-refractivity contribution in [1.82, 2.24) is 5.32 Å². The van der Waals surface area contributed by atoms with Gasteiger partial charge in [0.15, 0.2) is 6.10 Å². The van der Waals surface area contributed by atoms with Gasteiger partial charge in [-0.15, -0.1) is 0 Å². The number of aryl methyl sites for hydroxylation is 2. The first-order valence-electron chi connectivity index (χ1n) is 6.65. The Labute approximate surface area is 117 Å². The van der Waals surface area contributed by atoms with Gasteiger partial charge in [0.25, 0.3) is 5.91 Å². The smallest absolute Gasteiger partial charge is 0.308 e. The van der Waals surface area contributed by atoms with Crippen molar-refractivity contribution in [1.29, 1.82) is 0 Å². The molecule has 0 bridgehead atoms. The van der Waals surface area contributed by atoms with Crippen molar-refractivity contribution < 1.29 is 19.4 Å². The maximum Gasteiger partial charge on any atom is 0.308 e. The molecule has 2 N–H and O–H groups in total. The van der Waals surface area contributed by atoms with Crippen molar-refractivity contribution in [3.8, 4) is 5.75 Å². The second kappa shape index (κ2) is 5.53. The van der Waals surface area contributed by atoms with E-state index in [2.05, 4.69) is 5.32 Å². The largest absolute Gasteiger partial charge is 0.481 e. The molecule has 2 atom stereocenters. The summed E-state index contributed by atoms with van der Waals surface area (Å²) in [4.78, 5) is 22.7. The first-order valence-corrected chi connectivity index (χ1v) is 6.65. The Morgan fingerprint density at radius 3 is 2.70 bits per heavy atom. The molecule has 2 rings (SSSR count). The molecule has 1 aliphatic heterocycles. The number of fused-ring (bicyclic) bond motifs is 1. The maximum absolute atomic E-state index is 12.0. The molecule has 0 spiro atoms. The van der Waals surface area contributed by atoms with Crippen LogP contribution in [0.15, 0.2) is 12.1 Å². The van der Waals surface area contributed by atoms with Gasteiger partial charge in [0, 0.05) is 13.0 Å². The van der Waals surface area contributed by atoms with E-state index in [0.717, 1.165) is 16.9 Å². The Hall–Kier alpha value is -2.04. The van der Waals surface area contributed by atoms with E-state index >= 15 is 0 Å². The van der Waals surface area contributed by atoms with Crippen LogP contribution in [0.1, 0.15) is 23.6 Å². The van der Waals surface area contributed by atoms with Gasteiger partial charge in [-0.3, -0.25) is 9.59 Å². The maximum atomic E-state index is 12.0. The number of ether oxygens (including phenoxy) is 1. The minimum Gasteiger partial charge on any atom is -0.481 e. The number of aliphatic carboxylic acids is 1. The van der Waals surface area contributed by atoms with Gasteiger partial charge in [0.2, 0.25) is 0 Å². The summed E-state index contributed by atoms with van der Waals surface area (Å²) in [7, 11) is 0. The Kier molecular flexibility index (Phi) is 3.97. The monoisotopic (exact) mass is 277 g/mol. The predicted molar refractivity (Wildman–Crippen MR) is 73.8 cm³/mol. The molecule has 0 saturated heterocycles. The third kappa shape index (κ3) is 2.92. The highest BCUT2D eigenvalue weighted by Crippen LogP contribution is 2.31. The van der Waals surface area contributed by atoms with Gasteiger partial charge < -0.3 is 15.2 Å². The lowest BCUT2D eigenvalue weighted by Gasteiger charge is -2.13. The molecule has 0 fully saturated rings. The van der Waals surface area contributed by atoms with Gasteiger partial charge in [-0.2, -0.15) is 0 Å². The number of carboxylic acid groups (broad SMARTS) is 1. The molecule has 5 nitrogen and oxygen atoms in total. The number of rotatable bonds is 4. The Morgan fingerprint density at radius 1 is 1.40 bits per heavy atom. The molecule has 108 valence electrons. The third-order valence-electron chi connectivity index (χ3n) is 3.65. The lowest BCUT2D eigenvalue weighted by atomic mass is 10.0. The fourth-order valence-electron chi connectivity index (χ4n) is 2.11. The SMILES string of the molecule is Cc1cc2c(cc1C)OC(C(=O)NCC(C)C(=O)O)C2. The minimum absolute atomic E-state index is 0.114. The van der Waals surface area contributed by atoms with E-state index in [1.807, 2.05) is 26.0 Å². The van der Waals surface area contributed by atoms with Crippen molar-refractivity contribution in [2.24, 2.45) is 5.92 Å². The van der Waals surface area contributed by atoms with Crippen LogP contribution in [0.3, 0.4) is 0 Å². The summed E-state index contributed by atoms with van der Waals surface area (Å²) in [5.41, 5.74) is 3.33. The second-order valence-electron chi connectivity index (χ2n) is 5.34. The van der Waals surface area contributed by atoms with E-state index in [1.54, 1.807) is 6.92 Å². The van der Waals surface area contributed by atoms with Crippen molar-refractivity contribution in [3.05, 3.63) is 28.8 Å². The number of amides is 1. The van der Waals surface area contributed by atoms with E-state index in [4.69, 9.17) is 9.84 Å². The van der Waals surface area contributed by atoms with Crippen molar-refractivity contribution >= 4 is 11.9 Å². The topological polar surface area (TPSA) is 75.6 Å². The average Bonchev–Trinajstić information content (AvgIpc) is 2.78. The fourth-order valence-corrected chi connectivity index (χ4v) is 2.11. The highest BCUT2D eigenvalue weighted by Gasteiger charge is 2.29. The zero-order valence-corrected chi connectivity index (χ0v) is 11.9. The van der Waals surface area contributed by atoms with Crippen LogP contribution >= 0.6 is 0 Å². The summed E-state index contributed by atoms with van der Waals surface area (Å²) in [6.45, 7) is 5.69. The van der Waals surface area contributed by atoms with E-state index < -0.39 is 18.0 Å². The molecular weight excluding hydrogens is 258 g/mol. The highest BCUT2D eigenvalue weighted by atomic mass is 16.5. The number of benzene rings is 1. The normalized spacial score (nSPS) is 18.1. The summed E-state index contributed by atoms with van der Waals surface area (Å²) >= 11 is 0. The second-order valence-corrected chi connectivity index (χ2v) is 5.34. The van der Waals surface area contributed by atoms with E-state index in [-0.39, 0.29) is 12.5 Å². The van der Waals surface area contributed by atoms with Gasteiger partial charge in [0.05, 0.1) is 5.92 Å². The first kappa shape index (κ1) is 14.4. The molecule has 1 aromatic carbocycles. The summed E-state index contributed by atoms with van der Waals surface area (Å²) in [5.74, 6) is -1.04. The molecule has 1 heterocycles. The van der Waals surface area contributed by atoms with Gasteiger partial charge in [0.1, 0.15) is 5.75 Å². The van der Waals surface area contributed by atoms with Gasteiger partial charge in [-0.25, -0.2) is 0 Å². The predicted octanol–water partition coefficient (Wildman–Crippen LogP) is 1.44. The number of carbonyl (C=O) groups is 2. The Balaban J connectivity index is 1.97. The fraction of sp³-hybridized carbons (Fsp3) is 0.467. The first-order chi connectivity index (χ1) is 9.38. The highest BCUT2D eigenvalue weighted by molar-refractivity contribution is 5.83. The van der Waals surface area contributed by atoms with E-state index in [9.17, 15) is 9.59 Å². The summed E-state index contributed by atoms with van der Waals surface area (Å²) in [5, 5.41) is 11.4. The van der Waals surface area contributed by atoms with E-state index in [1.165, 1.54) is 5.56 Å². The third-order valence-corrected chi connectivity index (χ3v) is 3.65. The number of hydrogen-bond donors (Lipinski definition) is 2. The number of carboxylic acids is 1. The van der Waals surface area contributed by atoms with Crippen LogP contribution in [-0.4, -0.2) is 29.6 Å². The van der Waals surface area contributed by atoms with Crippen molar-refractivity contribution in [3.63, 3.8) is 0 Å². The lowest BCUT2D eigenvalue weighted by Crippen LogP contribution is -2.40. The molecular formula is C15H19NO4. The number of nitrogens with one attached hydrogen (secondary N) is 1. The van der Waals surface area contributed by atoms with Crippen molar-refractivity contribution in [2.75, 3.05) is 6.54 Å². The molecule has 0 saturated carbocycles. The van der Waals surface area contributed by atoms with Crippen LogP contribution < -0.4 is 10.1 Å². The van der Waals surface area contributed by atoms with Crippen LogP contribution in [0.4, 0.5) is 0 Å². The summed E-state index contributed by atoms with van der Waals surface area (Å²) in [6.07, 6.45) is -0.0313. The molecule has 0 radical (unpaired) electrons. The molecule has 1 aliphatic rings. The molecule has 1 amide bonds. The van der Waals surface area contributed by atoms with E-state index in [0.29, 0.717) is 6.42 Å². The summed E-state index contributed by atoms with van der Waals surface area (Å²) in [6, 6.07) is 3.98. The van der Waals surface area contributed by atoms with Crippen LogP contribution in [0.5, 0.6) is 5.75 Å². The lowest BCUT2D eigenvalue weighted by molar-refractivity contribution is -0.141. The average molecular weight is 277 g/mol. The van der Waals surface area contributed by atoms with Crippen molar-refractivity contribution in [2.45, 2.75) is 33.3 Å².